The lowest BCUT2D eigenvalue weighted by Crippen LogP contribution is -2.43. The van der Waals surface area contributed by atoms with Crippen LogP contribution in [0.5, 0.6) is 0 Å². The molecule has 2 N–H and O–H groups in total. The second kappa shape index (κ2) is 16.2. The molecule has 2 aromatic rings. The van der Waals surface area contributed by atoms with Crippen molar-refractivity contribution in [1.82, 2.24) is 14.9 Å². The van der Waals surface area contributed by atoms with E-state index in [9.17, 15) is 0 Å². The molecule has 5 nitrogen and oxygen atoms in total. The van der Waals surface area contributed by atoms with Crippen LogP contribution in [0.25, 0.3) is 22.5 Å². The van der Waals surface area contributed by atoms with E-state index >= 15 is 0 Å². The van der Waals surface area contributed by atoms with Gasteiger partial charge >= 0.3 is 0 Å². The number of aryl methyl sites for hydroxylation is 1. The maximum absolute atomic E-state index is 5.75. The lowest BCUT2D eigenvalue weighted by Gasteiger charge is -2.44. The summed E-state index contributed by atoms with van der Waals surface area (Å²) in [4.78, 5) is 15.4. The fraction of sp³-hybridized carbons (Fsp3) is 0.452. The van der Waals surface area contributed by atoms with E-state index in [1.807, 2.05) is 89.6 Å². The molecule has 1 saturated carbocycles. The molecule has 0 aliphatic heterocycles. The SMILES string of the molecule is C=C/C(=C\N(C)C)c1cccc(-c2ncc(/C(C=NC)=C/C)c(C)n2)c1.CC.CC1CC(CN)(CCl)C1. The van der Waals surface area contributed by atoms with Gasteiger partial charge in [0.05, 0.1) is 0 Å². The summed E-state index contributed by atoms with van der Waals surface area (Å²) in [6.07, 6.45) is 12.1. The molecular weight excluding hydrogens is 478 g/mol. The Kier molecular flexibility index (Phi) is 14.1. The van der Waals surface area contributed by atoms with Crippen LogP contribution in [-0.2, 0) is 0 Å². The maximum atomic E-state index is 5.75. The summed E-state index contributed by atoms with van der Waals surface area (Å²) in [5, 5.41) is 0. The first-order chi connectivity index (χ1) is 17.7. The lowest BCUT2D eigenvalue weighted by molar-refractivity contribution is 0.102. The smallest absolute Gasteiger partial charge is 0.159 e. The number of halogens is 1. The summed E-state index contributed by atoms with van der Waals surface area (Å²) in [5.74, 6) is 2.31. The second-order valence-electron chi connectivity index (χ2n) is 9.51. The number of benzene rings is 1. The van der Waals surface area contributed by atoms with Crippen molar-refractivity contribution in [3.8, 4) is 11.4 Å². The molecule has 1 heterocycles. The fourth-order valence-electron chi connectivity index (χ4n) is 4.44. The van der Waals surface area contributed by atoms with Crippen LogP contribution in [0.15, 0.2) is 60.4 Å². The summed E-state index contributed by atoms with van der Waals surface area (Å²) in [5.41, 5.74) is 12.0. The van der Waals surface area contributed by atoms with E-state index in [-0.39, 0.29) is 0 Å². The van der Waals surface area contributed by atoms with Gasteiger partial charge in [-0.15, -0.1) is 11.6 Å². The summed E-state index contributed by atoms with van der Waals surface area (Å²) < 4.78 is 0. The first-order valence-corrected chi connectivity index (χ1v) is 13.6. The van der Waals surface area contributed by atoms with Crippen molar-refractivity contribution in [2.75, 3.05) is 33.6 Å². The molecule has 1 fully saturated rings. The number of rotatable bonds is 8. The van der Waals surface area contributed by atoms with E-state index in [4.69, 9.17) is 22.3 Å². The van der Waals surface area contributed by atoms with Gasteiger partial charge in [-0.05, 0) is 67.3 Å². The molecule has 1 aliphatic carbocycles. The van der Waals surface area contributed by atoms with Crippen molar-refractivity contribution in [3.63, 3.8) is 0 Å². The zero-order valence-electron chi connectivity index (χ0n) is 24.1. The Hall–Kier alpha value is -2.76. The first kappa shape index (κ1) is 32.3. The number of hydrogen-bond donors (Lipinski definition) is 1. The Balaban J connectivity index is 0.000000519. The Labute approximate surface area is 230 Å². The Morgan fingerprint density at radius 1 is 1.27 bits per heavy atom. The molecule has 0 radical (unpaired) electrons. The number of allylic oxidation sites excluding steroid dienone is 4. The van der Waals surface area contributed by atoms with E-state index in [1.54, 1.807) is 7.05 Å². The maximum Gasteiger partial charge on any atom is 0.159 e. The zero-order chi connectivity index (χ0) is 28.0. The Morgan fingerprint density at radius 2 is 1.95 bits per heavy atom. The molecule has 1 aliphatic rings. The van der Waals surface area contributed by atoms with Gasteiger partial charge in [-0.3, -0.25) is 4.99 Å². The predicted octanol–water partition coefficient (Wildman–Crippen LogP) is 7.27. The number of nitrogens with two attached hydrogens (primary N) is 1. The number of aromatic nitrogens is 2. The molecule has 202 valence electrons. The molecule has 0 amide bonds. The monoisotopic (exact) mass is 523 g/mol. The van der Waals surface area contributed by atoms with Gasteiger partial charge < -0.3 is 10.6 Å². The minimum absolute atomic E-state index is 0.320. The fourth-order valence-corrected chi connectivity index (χ4v) is 4.77. The summed E-state index contributed by atoms with van der Waals surface area (Å²) >= 11 is 5.75. The molecule has 3 rings (SSSR count). The molecule has 1 aromatic heterocycles. The standard InChI is InChI=1S/C22H26N4.C7H14ClN.C2H6/c1-7-17(13-23-4)21-14-24-22(25-16(21)3)20-11-9-10-19(12-20)18(8-2)15-26(5)6;1-6-2-7(3-6,4-8)5-9;1-2/h7-15H,2H2,1,3-6H3;6H,2-5,9H2,1H3;1-2H3/b17-7+,18-15+,23-13?;;. The van der Waals surface area contributed by atoms with Gasteiger partial charge in [-0.2, -0.15) is 0 Å². The van der Waals surface area contributed by atoms with Crippen LogP contribution >= 0.6 is 11.6 Å². The largest absolute Gasteiger partial charge is 0.383 e. The highest BCUT2D eigenvalue weighted by Crippen LogP contribution is 2.45. The van der Waals surface area contributed by atoms with Gasteiger partial charge in [0.25, 0.3) is 0 Å². The Bertz CT molecular complexity index is 1070. The average molecular weight is 524 g/mol. The van der Waals surface area contributed by atoms with Crippen LogP contribution in [0.3, 0.4) is 0 Å². The van der Waals surface area contributed by atoms with Gasteiger partial charge in [0.1, 0.15) is 0 Å². The molecule has 37 heavy (non-hydrogen) atoms. The number of hydrogen-bond acceptors (Lipinski definition) is 5. The van der Waals surface area contributed by atoms with Crippen molar-refractivity contribution in [1.29, 1.82) is 0 Å². The van der Waals surface area contributed by atoms with E-state index < -0.39 is 0 Å². The topological polar surface area (TPSA) is 67.4 Å². The molecule has 0 unspecified atom stereocenters. The van der Waals surface area contributed by atoms with Crippen LogP contribution in [0.2, 0.25) is 0 Å². The summed E-state index contributed by atoms with van der Waals surface area (Å²) in [7, 11) is 5.76. The van der Waals surface area contributed by atoms with Crippen molar-refractivity contribution < 1.29 is 0 Å². The quantitative estimate of drug-likeness (QED) is 0.224. The summed E-state index contributed by atoms with van der Waals surface area (Å²) in [6, 6.07) is 8.21. The lowest BCUT2D eigenvalue weighted by atomic mass is 9.64. The van der Waals surface area contributed by atoms with Gasteiger partial charge in [0.2, 0.25) is 0 Å². The van der Waals surface area contributed by atoms with Crippen molar-refractivity contribution in [2.45, 2.75) is 47.5 Å². The number of aliphatic imine (C=N–C) groups is 1. The molecule has 0 bridgehead atoms. The summed E-state index contributed by atoms with van der Waals surface area (Å²) in [6.45, 7) is 14.9. The normalized spacial score (nSPS) is 19.2. The molecule has 0 saturated heterocycles. The van der Waals surface area contributed by atoms with Gasteiger partial charge in [0, 0.05) is 62.5 Å². The highest BCUT2D eigenvalue weighted by molar-refractivity contribution is 6.18. The van der Waals surface area contributed by atoms with Crippen LogP contribution in [0.1, 0.15) is 57.4 Å². The van der Waals surface area contributed by atoms with E-state index in [0.29, 0.717) is 11.2 Å². The highest BCUT2D eigenvalue weighted by Gasteiger charge is 2.39. The second-order valence-corrected chi connectivity index (χ2v) is 9.78. The van der Waals surface area contributed by atoms with Gasteiger partial charge in [-0.1, -0.05) is 57.7 Å². The van der Waals surface area contributed by atoms with E-state index in [2.05, 4.69) is 35.6 Å². The van der Waals surface area contributed by atoms with Crippen molar-refractivity contribution >= 4 is 29.0 Å². The molecule has 0 atom stereocenters. The average Bonchev–Trinajstić information content (AvgIpc) is 2.90. The van der Waals surface area contributed by atoms with Crippen LogP contribution in [0.4, 0.5) is 0 Å². The number of nitrogens with zero attached hydrogens (tertiary/aromatic N) is 4. The molecular formula is C31H46ClN5. The minimum Gasteiger partial charge on any atom is -0.383 e. The minimum atomic E-state index is 0.320. The third-order valence-corrected chi connectivity index (χ3v) is 6.79. The van der Waals surface area contributed by atoms with Crippen molar-refractivity contribution in [2.24, 2.45) is 22.1 Å². The van der Waals surface area contributed by atoms with Crippen molar-refractivity contribution in [3.05, 3.63) is 72.2 Å². The number of alkyl halides is 1. The van der Waals surface area contributed by atoms with Gasteiger partial charge in [-0.25, -0.2) is 9.97 Å². The van der Waals surface area contributed by atoms with Crippen LogP contribution in [0, 0.1) is 18.3 Å². The van der Waals surface area contributed by atoms with E-state index in [1.165, 1.54) is 12.8 Å². The zero-order valence-corrected chi connectivity index (χ0v) is 24.8. The Morgan fingerprint density at radius 3 is 2.38 bits per heavy atom. The van der Waals surface area contributed by atoms with Crippen LogP contribution < -0.4 is 5.73 Å². The molecule has 0 spiro atoms. The van der Waals surface area contributed by atoms with E-state index in [0.717, 1.165) is 51.9 Å². The first-order valence-electron chi connectivity index (χ1n) is 13.0. The third kappa shape index (κ3) is 9.24. The predicted molar refractivity (Wildman–Crippen MR) is 164 cm³/mol. The van der Waals surface area contributed by atoms with Gasteiger partial charge in [0.15, 0.2) is 5.82 Å². The third-order valence-electron chi connectivity index (χ3n) is 6.22. The molecule has 6 heteroatoms. The highest BCUT2D eigenvalue weighted by atomic mass is 35.5. The molecule has 1 aromatic carbocycles. The van der Waals surface area contributed by atoms with Crippen LogP contribution in [-0.4, -0.2) is 54.7 Å².